The van der Waals surface area contributed by atoms with Gasteiger partial charge in [0.2, 0.25) is 0 Å². The zero-order valence-corrected chi connectivity index (χ0v) is 14.4. The summed E-state index contributed by atoms with van der Waals surface area (Å²) < 4.78 is 0. The molecule has 0 heterocycles. The maximum absolute atomic E-state index is 6.36. The van der Waals surface area contributed by atoms with Crippen LogP contribution >= 0.6 is 23.2 Å². The Morgan fingerprint density at radius 2 is 1.43 bits per heavy atom. The van der Waals surface area contributed by atoms with Crippen molar-refractivity contribution >= 4 is 23.2 Å². The Labute approximate surface area is 138 Å². The predicted octanol–water partition coefficient (Wildman–Crippen LogP) is 5.57. The lowest BCUT2D eigenvalue weighted by molar-refractivity contribution is 0.535. The Morgan fingerprint density at radius 3 is 1.95 bits per heavy atom. The first-order valence-electron chi connectivity index (χ1n) is 7.25. The summed E-state index contributed by atoms with van der Waals surface area (Å²) in [6.07, 6.45) is 0.867. The second-order valence-electron chi connectivity index (χ2n) is 6.09. The number of halogens is 2. The smallest absolute Gasteiger partial charge is 0.0335 e. The molecule has 21 heavy (non-hydrogen) atoms. The van der Waals surface area contributed by atoms with Gasteiger partial charge >= 0.3 is 0 Å². The fourth-order valence-corrected chi connectivity index (χ4v) is 3.71. The monoisotopic (exact) mass is 320 g/mol. The molecule has 2 aromatic rings. The van der Waals surface area contributed by atoms with Gasteiger partial charge in [0.05, 0.1) is 0 Å². The van der Waals surface area contributed by atoms with Gasteiger partial charge in [-0.15, -0.1) is 23.2 Å². The van der Waals surface area contributed by atoms with E-state index in [1.165, 1.54) is 27.8 Å². The van der Waals surface area contributed by atoms with Gasteiger partial charge in [-0.3, -0.25) is 0 Å². The average Bonchev–Trinajstić information content (AvgIpc) is 2.44. The summed E-state index contributed by atoms with van der Waals surface area (Å²) in [5.41, 5.74) is 6.13. The Hall–Kier alpha value is -0.980. The first kappa shape index (κ1) is 16.4. The molecular formula is C19H22Cl2. The Bertz CT molecular complexity index is 592. The number of aryl methyl sites for hydroxylation is 3. The average molecular weight is 321 g/mol. The van der Waals surface area contributed by atoms with E-state index in [0.29, 0.717) is 11.8 Å². The molecule has 0 N–H and O–H groups in total. The lowest BCUT2D eigenvalue weighted by atomic mass is 9.78. The molecule has 2 aromatic carbocycles. The van der Waals surface area contributed by atoms with Crippen LogP contribution in [0.2, 0.25) is 0 Å². The fourth-order valence-electron chi connectivity index (χ4n) is 2.92. The molecule has 2 rings (SSSR count). The van der Waals surface area contributed by atoms with Crippen molar-refractivity contribution in [2.75, 3.05) is 11.8 Å². The third-order valence-electron chi connectivity index (χ3n) is 3.97. The van der Waals surface area contributed by atoms with E-state index in [-0.39, 0.29) is 5.41 Å². The van der Waals surface area contributed by atoms with E-state index in [4.69, 9.17) is 23.2 Å². The first-order valence-corrected chi connectivity index (χ1v) is 8.32. The minimum absolute atomic E-state index is 0.213. The van der Waals surface area contributed by atoms with Crippen LogP contribution in [0, 0.1) is 20.8 Å². The van der Waals surface area contributed by atoms with Crippen LogP contribution in [0.4, 0.5) is 0 Å². The van der Waals surface area contributed by atoms with Gasteiger partial charge in [-0.25, -0.2) is 0 Å². The van der Waals surface area contributed by atoms with Crippen molar-refractivity contribution in [3.05, 3.63) is 70.3 Å². The van der Waals surface area contributed by atoms with E-state index in [9.17, 15) is 0 Å². The number of benzene rings is 2. The van der Waals surface area contributed by atoms with Gasteiger partial charge in [0.15, 0.2) is 0 Å². The van der Waals surface area contributed by atoms with Crippen LogP contribution in [0.5, 0.6) is 0 Å². The van der Waals surface area contributed by atoms with Gasteiger partial charge in [0.1, 0.15) is 0 Å². The SMILES string of the molecule is Cc1cc(C)cc(CC(CCl)(CCl)c2cccc(C)c2)c1. The van der Waals surface area contributed by atoms with Gasteiger partial charge < -0.3 is 0 Å². The second-order valence-corrected chi connectivity index (χ2v) is 6.62. The van der Waals surface area contributed by atoms with Crippen molar-refractivity contribution in [2.24, 2.45) is 0 Å². The topological polar surface area (TPSA) is 0 Å². The molecule has 0 nitrogen and oxygen atoms in total. The predicted molar refractivity (Wildman–Crippen MR) is 93.9 cm³/mol. The maximum Gasteiger partial charge on any atom is 0.0335 e. The fraction of sp³-hybridized carbons (Fsp3) is 0.368. The van der Waals surface area contributed by atoms with E-state index in [2.05, 4.69) is 63.2 Å². The van der Waals surface area contributed by atoms with E-state index >= 15 is 0 Å². The first-order chi connectivity index (χ1) is 9.99. The lowest BCUT2D eigenvalue weighted by Crippen LogP contribution is -2.33. The second kappa shape index (κ2) is 6.85. The Kier molecular flexibility index (Phi) is 5.35. The highest BCUT2D eigenvalue weighted by Crippen LogP contribution is 2.32. The quantitative estimate of drug-likeness (QED) is 0.632. The standard InChI is InChI=1S/C19H22Cl2/c1-14-5-4-6-18(10-14)19(12-20,13-21)11-17-8-15(2)7-16(3)9-17/h4-10H,11-13H2,1-3H3. The summed E-state index contributed by atoms with van der Waals surface area (Å²) in [6.45, 7) is 6.37. The molecule has 0 unspecified atom stereocenters. The largest absolute Gasteiger partial charge is 0.126 e. The molecule has 0 amide bonds. The van der Waals surface area contributed by atoms with Gasteiger partial charge in [-0.05, 0) is 38.3 Å². The molecule has 112 valence electrons. The number of hydrogen-bond donors (Lipinski definition) is 0. The van der Waals surface area contributed by atoms with E-state index in [1.807, 2.05) is 0 Å². The van der Waals surface area contributed by atoms with Crippen molar-refractivity contribution in [1.82, 2.24) is 0 Å². The highest BCUT2D eigenvalue weighted by molar-refractivity contribution is 6.22. The molecule has 0 fully saturated rings. The molecule has 0 spiro atoms. The molecule has 0 bridgehead atoms. The summed E-state index contributed by atoms with van der Waals surface area (Å²) in [4.78, 5) is 0. The van der Waals surface area contributed by atoms with Crippen LogP contribution in [-0.4, -0.2) is 11.8 Å². The van der Waals surface area contributed by atoms with E-state index < -0.39 is 0 Å². The molecule has 0 atom stereocenters. The highest BCUT2D eigenvalue weighted by Gasteiger charge is 2.31. The molecule has 0 aromatic heterocycles. The maximum atomic E-state index is 6.36. The number of hydrogen-bond acceptors (Lipinski definition) is 0. The summed E-state index contributed by atoms with van der Waals surface area (Å²) in [5.74, 6) is 1.04. The normalized spacial score (nSPS) is 11.7. The molecule has 2 heteroatoms. The summed E-state index contributed by atoms with van der Waals surface area (Å²) in [7, 11) is 0. The van der Waals surface area contributed by atoms with Crippen molar-refractivity contribution < 1.29 is 0 Å². The minimum atomic E-state index is -0.213. The zero-order valence-electron chi connectivity index (χ0n) is 12.9. The van der Waals surface area contributed by atoms with Crippen molar-refractivity contribution in [1.29, 1.82) is 0 Å². The summed E-state index contributed by atoms with van der Waals surface area (Å²) in [6, 6.07) is 15.2. The molecular weight excluding hydrogens is 299 g/mol. The molecule has 0 saturated carbocycles. The van der Waals surface area contributed by atoms with Gasteiger partial charge in [0, 0.05) is 17.2 Å². The molecule has 0 aliphatic carbocycles. The Balaban J connectivity index is 2.42. The highest BCUT2D eigenvalue weighted by atomic mass is 35.5. The van der Waals surface area contributed by atoms with Crippen LogP contribution in [0.25, 0.3) is 0 Å². The van der Waals surface area contributed by atoms with Crippen LogP contribution in [0.15, 0.2) is 42.5 Å². The van der Waals surface area contributed by atoms with Gasteiger partial charge in [0.25, 0.3) is 0 Å². The lowest BCUT2D eigenvalue weighted by Gasteiger charge is -2.31. The van der Waals surface area contributed by atoms with Crippen molar-refractivity contribution in [2.45, 2.75) is 32.6 Å². The van der Waals surface area contributed by atoms with E-state index in [1.54, 1.807) is 0 Å². The third kappa shape index (κ3) is 3.81. The van der Waals surface area contributed by atoms with Crippen molar-refractivity contribution in [3.8, 4) is 0 Å². The molecule has 0 saturated heterocycles. The third-order valence-corrected chi connectivity index (χ3v) is 4.99. The van der Waals surface area contributed by atoms with Crippen LogP contribution in [-0.2, 0) is 11.8 Å². The summed E-state index contributed by atoms with van der Waals surface area (Å²) >= 11 is 12.7. The zero-order chi connectivity index (χ0) is 15.5. The van der Waals surface area contributed by atoms with E-state index in [0.717, 1.165) is 6.42 Å². The van der Waals surface area contributed by atoms with Crippen LogP contribution < -0.4 is 0 Å². The molecule has 0 aliphatic rings. The minimum Gasteiger partial charge on any atom is -0.126 e. The number of alkyl halides is 2. The molecule has 0 aliphatic heterocycles. The molecule has 0 radical (unpaired) electrons. The van der Waals surface area contributed by atoms with Gasteiger partial charge in [-0.1, -0.05) is 59.2 Å². The van der Waals surface area contributed by atoms with Crippen LogP contribution in [0.1, 0.15) is 27.8 Å². The Morgan fingerprint density at radius 1 is 0.810 bits per heavy atom. The number of rotatable bonds is 5. The summed E-state index contributed by atoms with van der Waals surface area (Å²) in [5, 5.41) is 0. The van der Waals surface area contributed by atoms with Gasteiger partial charge in [-0.2, -0.15) is 0 Å². The van der Waals surface area contributed by atoms with Crippen LogP contribution in [0.3, 0.4) is 0 Å². The van der Waals surface area contributed by atoms with Crippen molar-refractivity contribution in [3.63, 3.8) is 0 Å².